The molecule has 2 N–H and O–H groups in total. The molecule has 0 aliphatic carbocycles. The van der Waals surface area contributed by atoms with Crippen LogP contribution in [-0.2, 0) is 0 Å². The number of hydrogen-bond acceptors (Lipinski definition) is 4. The van der Waals surface area contributed by atoms with Gasteiger partial charge in [-0.3, -0.25) is 0 Å². The van der Waals surface area contributed by atoms with E-state index in [0.29, 0.717) is 5.46 Å². The number of hydrogen-bond donors (Lipinski definition) is 2. The highest BCUT2D eigenvalue weighted by atomic mass is 16.5. The van der Waals surface area contributed by atoms with Crippen LogP contribution in [0.4, 0.5) is 0 Å². The Kier molecular flexibility index (Phi) is 2.34. The molecule has 0 unspecified atom stereocenters. The van der Waals surface area contributed by atoms with E-state index in [2.05, 4.69) is 5.16 Å². The van der Waals surface area contributed by atoms with E-state index in [0.717, 1.165) is 11.1 Å². The second-order valence-corrected chi connectivity index (χ2v) is 2.91. The SMILES string of the molecule is OB(O)c1ccc(-c2cnoc2)cc1. The molecule has 0 saturated heterocycles. The molecule has 5 heteroatoms. The molecule has 2 rings (SSSR count). The van der Waals surface area contributed by atoms with Gasteiger partial charge in [-0.15, -0.1) is 0 Å². The van der Waals surface area contributed by atoms with Gasteiger partial charge >= 0.3 is 7.12 Å². The molecule has 14 heavy (non-hydrogen) atoms. The van der Waals surface area contributed by atoms with Gasteiger partial charge in [-0.1, -0.05) is 29.4 Å². The zero-order valence-electron chi connectivity index (χ0n) is 7.29. The number of aromatic nitrogens is 1. The molecule has 0 bridgehead atoms. The van der Waals surface area contributed by atoms with Gasteiger partial charge in [-0.2, -0.15) is 0 Å². The fraction of sp³-hybridized carbons (Fsp3) is 0. The van der Waals surface area contributed by atoms with E-state index in [-0.39, 0.29) is 0 Å². The summed E-state index contributed by atoms with van der Waals surface area (Å²) in [5.41, 5.74) is 2.25. The molecule has 1 aromatic carbocycles. The quantitative estimate of drug-likeness (QED) is 0.653. The fourth-order valence-corrected chi connectivity index (χ4v) is 1.20. The van der Waals surface area contributed by atoms with Gasteiger partial charge in [0.2, 0.25) is 0 Å². The van der Waals surface area contributed by atoms with Crippen molar-refractivity contribution in [2.24, 2.45) is 0 Å². The lowest BCUT2D eigenvalue weighted by Crippen LogP contribution is -2.29. The van der Waals surface area contributed by atoms with E-state index in [1.165, 1.54) is 6.26 Å². The zero-order chi connectivity index (χ0) is 9.97. The molecule has 1 aromatic heterocycles. The van der Waals surface area contributed by atoms with Gasteiger partial charge in [-0.25, -0.2) is 0 Å². The van der Waals surface area contributed by atoms with Crippen molar-refractivity contribution < 1.29 is 14.6 Å². The first-order chi connectivity index (χ1) is 6.77. The van der Waals surface area contributed by atoms with Crippen molar-refractivity contribution in [2.45, 2.75) is 0 Å². The van der Waals surface area contributed by atoms with Crippen molar-refractivity contribution >= 4 is 12.6 Å². The van der Waals surface area contributed by atoms with Gasteiger partial charge in [0, 0.05) is 5.56 Å². The zero-order valence-corrected chi connectivity index (χ0v) is 7.29. The highest BCUT2D eigenvalue weighted by molar-refractivity contribution is 6.58. The van der Waals surface area contributed by atoms with Gasteiger partial charge in [-0.05, 0) is 11.0 Å². The summed E-state index contributed by atoms with van der Waals surface area (Å²) in [7, 11) is -1.42. The Morgan fingerprint density at radius 3 is 2.29 bits per heavy atom. The molecule has 0 amide bonds. The molecule has 0 aliphatic rings. The third-order valence-electron chi connectivity index (χ3n) is 1.97. The maximum Gasteiger partial charge on any atom is 0.488 e. The molecule has 0 fully saturated rings. The van der Waals surface area contributed by atoms with Crippen molar-refractivity contribution in [3.05, 3.63) is 36.7 Å². The van der Waals surface area contributed by atoms with Gasteiger partial charge in [0.25, 0.3) is 0 Å². The number of nitrogens with zero attached hydrogens (tertiary/aromatic N) is 1. The van der Waals surface area contributed by atoms with Crippen LogP contribution >= 0.6 is 0 Å². The maximum atomic E-state index is 8.87. The average molecular weight is 189 g/mol. The Morgan fingerprint density at radius 1 is 1.07 bits per heavy atom. The molecular formula is C9H8BNO3. The van der Waals surface area contributed by atoms with Crippen LogP contribution in [0.15, 0.2) is 41.2 Å². The second kappa shape index (κ2) is 3.65. The molecule has 0 aliphatic heterocycles. The molecule has 70 valence electrons. The van der Waals surface area contributed by atoms with Gasteiger partial charge in [0.05, 0.1) is 6.20 Å². The lowest BCUT2D eigenvalue weighted by Gasteiger charge is -2.00. The van der Waals surface area contributed by atoms with Crippen molar-refractivity contribution in [1.29, 1.82) is 0 Å². The summed E-state index contributed by atoms with van der Waals surface area (Å²) in [6.45, 7) is 0. The van der Waals surface area contributed by atoms with Crippen molar-refractivity contribution in [3.63, 3.8) is 0 Å². The van der Waals surface area contributed by atoms with E-state index in [1.54, 1.807) is 30.5 Å². The monoisotopic (exact) mass is 189 g/mol. The number of rotatable bonds is 2. The minimum atomic E-state index is -1.42. The summed E-state index contributed by atoms with van der Waals surface area (Å²) in [5, 5.41) is 21.3. The van der Waals surface area contributed by atoms with Crippen LogP contribution in [0.3, 0.4) is 0 Å². The van der Waals surface area contributed by atoms with E-state index in [1.807, 2.05) is 0 Å². The van der Waals surface area contributed by atoms with Crippen LogP contribution in [0.2, 0.25) is 0 Å². The van der Waals surface area contributed by atoms with Crippen molar-refractivity contribution in [1.82, 2.24) is 5.16 Å². The highest BCUT2D eigenvalue weighted by Gasteiger charge is 2.10. The lowest BCUT2D eigenvalue weighted by atomic mass is 9.80. The van der Waals surface area contributed by atoms with E-state index >= 15 is 0 Å². The Bertz CT molecular complexity index is 397. The summed E-state index contributed by atoms with van der Waals surface area (Å²) < 4.78 is 4.70. The van der Waals surface area contributed by atoms with Crippen LogP contribution < -0.4 is 5.46 Å². The minimum Gasteiger partial charge on any atom is -0.423 e. The largest absolute Gasteiger partial charge is 0.488 e. The summed E-state index contributed by atoms with van der Waals surface area (Å²) in [5.74, 6) is 0. The summed E-state index contributed by atoms with van der Waals surface area (Å²) in [4.78, 5) is 0. The Labute approximate surface area is 80.9 Å². The van der Waals surface area contributed by atoms with Crippen LogP contribution in [0.1, 0.15) is 0 Å². The first kappa shape index (κ1) is 8.99. The highest BCUT2D eigenvalue weighted by Crippen LogP contribution is 2.16. The molecule has 0 spiro atoms. The van der Waals surface area contributed by atoms with Crippen molar-refractivity contribution in [3.8, 4) is 11.1 Å². The fourth-order valence-electron chi connectivity index (χ4n) is 1.20. The predicted molar refractivity (Wildman–Crippen MR) is 51.8 cm³/mol. The molecule has 4 nitrogen and oxygen atoms in total. The summed E-state index contributed by atoms with van der Waals surface area (Å²) in [6.07, 6.45) is 3.13. The average Bonchev–Trinajstić information content (AvgIpc) is 2.71. The second-order valence-electron chi connectivity index (χ2n) is 2.91. The maximum absolute atomic E-state index is 8.87. The smallest absolute Gasteiger partial charge is 0.423 e. The first-order valence-corrected chi connectivity index (χ1v) is 4.13. The number of benzene rings is 1. The normalized spacial score (nSPS) is 10.1. The Balaban J connectivity index is 2.31. The lowest BCUT2D eigenvalue weighted by molar-refractivity contribution is 0.420. The third-order valence-corrected chi connectivity index (χ3v) is 1.97. The first-order valence-electron chi connectivity index (χ1n) is 4.13. The molecule has 2 aromatic rings. The molecule has 0 radical (unpaired) electrons. The molecule has 0 atom stereocenters. The topological polar surface area (TPSA) is 66.5 Å². The summed E-state index contributed by atoms with van der Waals surface area (Å²) in [6, 6.07) is 6.85. The van der Waals surface area contributed by atoms with Crippen LogP contribution in [0.25, 0.3) is 11.1 Å². The van der Waals surface area contributed by atoms with Crippen molar-refractivity contribution in [2.75, 3.05) is 0 Å². The minimum absolute atomic E-state index is 0.463. The Hall–Kier alpha value is -1.59. The van der Waals surface area contributed by atoms with Crippen LogP contribution in [-0.4, -0.2) is 22.3 Å². The van der Waals surface area contributed by atoms with Crippen LogP contribution in [0.5, 0.6) is 0 Å². The standard InChI is InChI=1S/C9H8BNO3/c12-10(13)9-3-1-7(2-4-9)8-5-11-14-6-8/h1-6,12-13H. The van der Waals surface area contributed by atoms with Gasteiger partial charge in [0.15, 0.2) is 0 Å². The third kappa shape index (κ3) is 1.68. The van der Waals surface area contributed by atoms with E-state index < -0.39 is 7.12 Å². The van der Waals surface area contributed by atoms with E-state index in [4.69, 9.17) is 14.6 Å². The van der Waals surface area contributed by atoms with Gasteiger partial charge in [0.1, 0.15) is 6.26 Å². The molecule has 0 saturated carbocycles. The van der Waals surface area contributed by atoms with E-state index in [9.17, 15) is 0 Å². The molecule has 1 heterocycles. The predicted octanol–water partition coefficient (Wildman–Crippen LogP) is 0.0214. The molecular weight excluding hydrogens is 181 g/mol. The Morgan fingerprint density at radius 2 is 1.79 bits per heavy atom. The van der Waals surface area contributed by atoms with Gasteiger partial charge < -0.3 is 14.6 Å². The summed E-state index contributed by atoms with van der Waals surface area (Å²) >= 11 is 0. The van der Waals surface area contributed by atoms with Crippen LogP contribution in [0, 0.1) is 0 Å².